The molecule has 0 fully saturated rings. The SMILES string of the molecule is CCNC(C)(CCCCN(CCOC)CC(C)C)C(N)=O. The van der Waals surface area contributed by atoms with Crippen molar-refractivity contribution in [3.8, 4) is 0 Å². The summed E-state index contributed by atoms with van der Waals surface area (Å²) in [6, 6.07) is 0. The summed E-state index contributed by atoms with van der Waals surface area (Å²) < 4.78 is 5.17. The van der Waals surface area contributed by atoms with Gasteiger partial charge in [0.25, 0.3) is 0 Å². The Hall–Kier alpha value is -0.650. The van der Waals surface area contributed by atoms with E-state index in [2.05, 4.69) is 24.1 Å². The maximum absolute atomic E-state index is 11.6. The molecule has 0 bridgehead atoms. The third-order valence-corrected chi connectivity index (χ3v) is 3.75. The molecule has 21 heavy (non-hydrogen) atoms. The summed E-state index contributed by atoms with van der Waals surface area (Å²) in [4.78, 5) is 14.0. The number of nitrogens with two attached hydrogens (primary N) is 1. The van der Waals surface area contributed by atoms with Crippen molar-refractivity contribution in [1.29, 1.82) is 0 Å². The maximum Gasteiger partial charge on any atom is 0.237 e. The maximum atomic E-state index is 11.6. The van der Waals surface area contributed by atoms with Gasteiger partial charge in [-0.25, -0.2) is 0 Å². The van der Waals surface area contributed by atoms with E-state index < -0.39 is 5.54 Å². The molecule has 0 saturated heterocycles. The average molecular weight is 301 g/mol. The summed E-state index contributed by atoms with van der Waals surface area (Å²) in [6.07, 6.45) is 2.86. The van der Waals surface area contributed by atoms with Gasteiger partial charge in [-0.2, -0.15) is 0 Å². The molecule has 0 aromatic carbocycles. The molecule has 0 aromatic rings. The lowest BCUT2D eigenvalue weighted by Gasteiger charge is -2.28. The van der Waals surface area contributed by atoms with Crippen LogP contribution in [0.25, 0.3) is 0 Å². The number of unbranched alkanes of at least 4 members (excludes halogenated alkanes) is 1. The minimum Gasteiger partial charge on any atom is -0.383 e. The molecule has 5 nitrogen and oxygen atoms in total. The first-order valence-electron chi connectivity index (χ1n) is 8.12. The van der Waals surface area contributed by atoms with Crippen LogP contribution in [0.1, 0.15) is 47.0 Å². The molecule has 1 atom stereocenters. The number of hydrogen-bond donors (Lipinski definition) is 2. The summed E-state index contributed by atoms with van der Waals surface area (Å²) in [6.45, 7) is 13.0. The van der Waals surface area contributed by atoms with Crippen molar-refractivity contribution in [3.63, 3.8) is 0 Å². The van der Waals surface area contributed by atoms with Crippen molar-refractivity contribution in [1.82, 2.24) is 10.2 Å². The summed E-state index contributed by atoms with van der Waals surface area (Å²) in [7, 11) is 1.74. The summed E-state index contributed by atoms with van der Waals surface area (Å²) >= 11 is 0. The van der Waals surface area contributed by atoms with E-state index >= 15 is 0 Å². The van der Waals surface area contributed by atoms with Crippen molar-refractivity contribution >= 4 is 5.91 Å². The third-order valence-electron chi connectivity index (χ3n) is 3.75. The number of nitrogens with one attached hydrogen (secondary N) is 1. The number of carbonyl (C=O) groups is 1. The van der Waals surface area contributed by atoms with E-state index in [-0.39, 0.29) is 5.91 Å². The highest BCUT2D eigenvalue weighted by molar-refractivity contribution is 5.84. The lowest BCUT2D eigenvalue weighted by Crippen LogP contribution is -2.53. The molecule has 1 amide bonds. The van der Waals surface area contributed by atoms with Gasteiger partial charge in [-0.3, -0.25) is 4.79 Å². The van der Waals surface area contributed by atoms with Gasteiger partial charge >= 0.3 is 0 Å². The van der Waals surface area contributed by atoms with E-state index in [1.807, 2.05) is 13.8 Å². The number of ether oxygens (including phenoxy) is 1. The van der Waals surface area contributed by atoms with Gasteiger partial charge in [0.1, 0.15) is 0 Å². The zero-order valence-electron chi connectivity index (χ0n) is 14.6. The quantitative estimate of drug-likeness (QED) is 0.507. The van der Waals surface area contributed by atoms with Crippen LogP contribution >= 0.6 is 0 Å². The largest absolute Gasteiger partial charge is 0.383 e. The Labute approximate surface area is 130 Å². The van der Waals surface area contributed by atoms with E-state index in [1.165, 1.54) is 0 Å². The first kappa shape index (κ1) is 20.3. The van der Waals surface area contributed by atoms with Crippen molar-refractivity contribution in [3.05, 3.63) is 0 Å². The highest BCUT2D eigenvalue weighted by Crippen LogP contribution is 2.14. The topological polar surface area (TPSA) is 67.6 Å². The van der Waals surface area contributed by atoms with Crippen molar-refractivity contribution in [2.24, 2.45) is 11.7 Å². The molecule has 0 radical (unpaired) electrons. The highest BCUT2D eigenvalue weighted by Gasteiger charge is 2.28. The number of amides is 1. The summed E-state index contributed by atoms with van der Waals surface area (Å²) in [5.74, 6) is 0.391. The van der Waals surface area contributed by atoms with Gasteiger partial charge in [-0.15, -0.1) is 0 Å². The lowest BCUT2D eigenvalue weighted by atomic mass is 9.94. The number of likely N-dealkylation sites (N-methyl/N-ethyl adjacent to an activating group) is 1. The van der Waals surface area contributed by atoms with Crippen LogP contribution in [0, 0.1) is 5.92 Å². The van der Waals surface area contributed by atoms with E-state index in [1.54, 1.807) is 7.11 Å². The van der Waals surface area contributed by atoms with Crippen LogP contribution in [0.15, 0.2) is 0 Å². The van der Waals surface area contributed by atoms with Gasteiger partial charge in [-0.1, -0.05) is 20.8 Å². The number of primary amides is 1. The van der Waals surface area contributed by atoms with Crippen LogP contribution in [0.2, 0.25) is 0 Å². The second-order valence-electron chi connectivity index (χ2n) is 6.37. The van der Waals surface area contributed by atoms with E-state index in [4.69, 9.17) is 10.5 Å². The molecule has 0 aliphatic carbocycles. The fourth-order valence-electron chi connectivity index (χ4n) is 2.53. The smallest absolute Gasteiger partial charge is 0.237 e. The second-order valence-corrected chi connectivity index (χ2v) is 6.37. The summed E-state index contributed by atoms with van der Waals surface area (Å²) in [5, 5.41) is 3.20. The number of rotatable bonds is 13. The third kappa shape index (κ3) is 9.06. The lowest BCUT2D eigenvalue weighted by molar-refractivity contribution is -0.124. The fraction of sp³-hybridized carbons (Fsp3) is 0.938. The van der Waals surface area contributed by atoms with Crippen molar-refractivity contribution in [2.75, 3.05) is 39.9 Å². The molecule has 3 N–H and O–H groups in total. The Balaban J connectivity index is 4.14. The zero-order valence-corrected chi connectivity index (χ0v) is 14.6. The molecule has 126 valence electrons. The molecule has 0 aliphatic heterocycles. The molecular formula is C16H35N3O2. The van der Waals surface area contributed by atoms with Gasteiger partial charge in [0.05, 0.1) is 12.1 Å². The van der Waals surface area contributed by atoms with E-state index in [9.17, 15) is 4.79 Å². The predicted octanol–water partition coefficient (Wildman–Crippen LogP) is 1.61. The summed E-state index contributed by atoms with van der Waals surface area (Å²) in [5.41, 5.74) is 4.92. The Bertz CT molecular complexity index is 285. The Kier molecular flexibility index (Phi) is 10.6. The Morgan fingerprint density at radius 1 is 1.33 bits per heavy atom. The van der Waals surface area contributed by atoms with Gasteiger partial charge in [-0.05, 0) is 45.2 Å². The molecule has 5 heteroatoms. The molecule has 0 saturated carbocycles. The fourth-order valence-corrected chi connectivity index (χ4v) is 2.53. The van der Waals surface area contributed by atoms with Crippen LogP contribution in [-0.4, -0.2) is 56.2 Å². The minimum absolute atomic E-state index is 0.261. The van der Waals surface area contributed by atoms with Crippen LogP contribution < -0.4 is 11.1 Å². The van der Waals surface area contributed by atoms with Crippen LogP contribution in [0.5, 0.6) is 0 Å². The standard InChI is InChI=1S/C16H35N3O2/c1-6-18-16(4,15(17)20)9-7-8-10-19(11-12-21-5)13-14(2)3/h14,18H,6-13H2,1-5H3,(H2,17,20). The normalized spacial score (nSPS) is 14.6. The van der Waals surface area contributed by atoms with E-state index in [0.717, 1.165) is 52.0 Å². The van der Waals surface area contributed by atoms with E-state index in [0.29, 0.717) is 5.92 Å². The van der Waals surface area contributed by atoms with Crippen LogP contribution in [-0.2, 0) is 9.53 Å². The van der Waals surface area contributed by atoms with Crippen molar-refractivity contribution in [2.45, 2.75) is 52.5 Å². The van der Waals surface area contributed by atoms with Gasteiger partial charge in [0, 0.05) is 20.2 Å². The zero-order chi connectivity index (χ0) is 16.3. The Morgan fingerprint density at radius 3 is 2.48 bits per heavy atom. The monoisotopic (exact) mass is 301 g/mol. The first-order valence-corrected chi connectivity index (χ1v) is 8.12. The average Bonchev–Trinajstić information content (AvgIpc) is 2.40. The molecule has 0 rings (SSSR count). The molecule has 0 heterocycles. The number of carbonyl (C=O) groups excluding carboxylic acids is 1. The minimum atomic E-state index is -0.579. The highest BCUT2D eigenvalue weighted by atomic mass is 16.5. The Morgan fingerprint density at radius 2 is 2.00 bits per heavy atom. The molecule has 0 aromatic heterocycles. The first-order chi connectivity index (χ1) is 9.85. The number of methoxy groups -OCH3 is 1. The van der Waals surface area contributed by atoms with Gasteiger partial charge in [0.2, 0.25) is 5.91 Å². The van der Waals surface area contributed by atoms with Gasteiger partial charge in [0.15, 0.2) is 0 Å². The molecule has 0 aliphatic rings. The second kappa shape index (κ2) is 11.0. The van der Waals surface area contributed by atoms with Crippen LogP contribution in [0.3, 0.4) is 0 Å². The van der Waals surface area contributed by atoms with Gasteiger partial charge < -0.3 is 20.7 Å². The molecule has 1 unspecified atom stereocenters. The molecule has 0 spiro atoms. The van der Waals surface area contributed by atoms with Crippen molar-refractivity contribution < 1.29 is 9.53 Å². The van der Waals surface area contributed by atoms with Crippen LogP contribution in [0.4, 0.5) is 0 Å². The predicted molar refractivity (Wildman–Crippen MR) is 88.3 cm³/mol. The molecular weight excluding hydrogens is 266 g/mol. The number of nitrogens with zero attached hydrogens (tertiary/aromatic N) is 1. The number of hydrogen-bond acceptors (Lipinski definition) is 4.